The van der Waals surface area contributed by atoms with Gasteiger partial charge in [0.2, 0.25) is 0 Å². The van der Waals surface area contributed by atoms with E-state index in [-0.39, 0.29) is 5.15 Å². The number of ether oxygens (including phenoxy) is 1. The van der Waals surface area contributed by atoms with Crippen molar-refractivity contribution in [3.63, 3.8) is 0 Å². The summed E-state index contributed by atoms with van der Waals surface area (Å²) < 4.78 is 6.96. The first kappa shape index (κ1) is 13.7. The van der Waals surface area contributed by atoms with Gasteiger partial charge in [0.15, 0.2) is 17.0 Å². The monoisotopic (exact) mass is 300 g/mol. The van der Waals surface area contributed by atoms with Crippen LogP contribution >= 0.6 is 11.6 Å². The molecule has 2 aromatic rings. The second-order valence-corrected chi connectivity index (χ2v) is 5.23. The van der Waals surface area contributed by atoms with Gasteiger partial charge >= 0.3 is 0 Å². The average Bonchev–Trinajstić information content (AvgIpc) is 2.92. The maximum Gasteiger partial charge on any atom is 0.168 e. The van der Waals surface area contributed by atoms with Crippen molar-refractivity contribution in [2.75, 3.05) is 6.61 Å². The first-order valence-electron chi connectivity index (χ1n) is 5.96. The molecule has 20 heavy (non-hydrogen) atoms. The van der Waals surface area contributed by atoms with Crippen molar-refractivity contribution >= 4 is 22.8 Å². The van der Waals surface area contributed by atoms with Gasteiger partial charge in [-0.3, -0.25) is 4.57 Å². The molecule has 4 atom stereocenters. The van der Waals surface area contributed by atoms with E-state index in [1.807, 2.05) is 0 Å². The summed E-state index contributed by atoms with van der Waals surface area (Å²) in [6.07, 6.45) is -0.383. The molecule has 1 aliphatic rings. The van der Waals surface area contributed by atoms with Crippen molar-refractivity contribution in [2.24, 2.45) is 0 Å². The van der Waals surface area contributed by atoms with Crippen LogP contribution in [-0.2, 0) is 4.74 Å². The van der Waals surface area contributed by atoms with Crippen LogP contribution in [0, 0.1) is 0 Å². The molecule has 0 aliphatic carbocycles. The van der Waals surface area contributed by atoms with Crippen LogP contribution in [0.2, 0.25) is 5.15 Å². The second kappa shape index (κ2) is 4.61. The Kier molecular flexibility index (Phi) is 3.14. The van der Waals surface area contributed by atoms with E-state index in [0.717, 1.165) is 0 Å². The predicted octanol–water partition coefficient (Wildman–Crippen LogP) is -0.519. The van der Waals surface area contributed by atoms with Gasteiger partial charge in [-0.1, -0.05) is 11.6 Å². The Labute approximate surface area is 118 Å². The van der Waals surface area contributed by atoms with Crippen LogP contribution in [-0.4, -0.2) is 59.3 Å². The van der Waals surface area contributed by atoms with E-state index in [9.17, 15) is 15.3 Å². The maximum atomic E-state index is 10.4. The highest BCUT2D eigenvalue weighted by molar-refractivity contribution is 6.33. The van der Waals surface area contributed by atoms with Crippen molar-refractivity contribution in [1.29, 1.82) is 0 Å². The summed E-state index contributed by atoms with van der Waals surface area (Å²) in [5.41, 5.74) is -0.852. The Bertz CT molecular complexity index is 646. The minimum absolute atomic E-state index is 0.186. The zero-order valence-electron chi connectivity index (χ0n) is 10.5. The smallest absolute Gasteiger partial charge is 0.168 e. The molecule has 0 radical (unpaired) electrons. The van der Waals surface area contributed by atoms with Gasteiger partial charge in [-0.05, 0) is 6.92 Å². The zero-order valence-corrected chi connectivity index (χ0v) is 11.3. The van der Waals surface area contributed by atoms with Crippen LogP contribution in [0.1, 0.15) is 13.2 Å². The van der Waals surface area contributed by atoms with Crippen molar-refractivity contribution in [3.05, 3.63) is 17.8 Å². The molecule has 9 heteroatoms. The van der Waals surface area contributed by atoms with Gasteiger partial charge in [-0.2, -0.15) is 0 Å². The molecule has 0 bridgehead atoms. The number of rotatable bonds is 2. The molecule has 2 aromatic heterocycles. The summed E-state index contributed by atoms with van der Waals surface area (Å²) in [6.45, 7) is 1.02. The molecule has 1 saturated heterocycles. The molecular weight excluding hydrogens is 288 g/mol. The lowest BCUT2D eigenvalue weighted by atomic mass is 9.96. The summed E-state index contributed by atoms with van der Waals surface area (Å²) in [5.74, 6) is 0. The van der Waals surface area contributed by atoms with Gasteiger partial charge in [0, 0.05) is 0 Å². The number of fused-ring (bicyclic) bond motifs is 1. The van der Waals surface area contributed by atoms with Gasteiger partial charge in [0.05, 0.1) is 12.9 Å². The summed E-state index contributed by atoms with van der Waals surface area (Å²) in [4.78, 5) is 11.9. The number of aromatic nitrogens is 4. The van der Waals surface area contributed by atoms with Crippen LogP contribution in [0.4, 0.5) is 0 Å². The fourth-order valence-electron chi connectivity index (χ4n) is 2.39. The highest BCUT2D eigenvalue weighted by Crippen LogP contribution is 2.39. The van der Waals surface area contributed by atoms with Gasteiger partial charge < -0.3 is 20.1 Å². The van der Waals surface area contributed by atoms with Crippen molar-refractivity contribution in [2.45, 2.75) is 31.0 Å². The number of hydrogen-bond donors (Lipinski definition) is 3. The third-order valence-corrected chi connectivity index (χ3v) is 3.78. The fraction of sp³-hybridized carbons (Fsp3) is 0.545. The summed E-state index contributed by atoms with van der Waals surface area (Å²) in [6, 6.07) is 0. The Hall–Kier alpha value is -1.32. The quantitative estimate of drug-likeness (QED) is 0.640. The molecule has 8 nitrogen and oxygen atoms in total. The second-order valence-electron chi connectivity index (χ2n) is 4.87. The van der Waals surface area contributed by atoms with Crippen molar-refractivity contribution in [3.8, 4) is 0 Å². The van der Waals surface area contributed by atoms with E-state index in [0.29, 0.717) is 11.2 Å². The number of aliphatic hydroxyl groups is 3. The van der Waals surface area contributed by atoms with Crippen LogP contribution in [0.5, 0.6) is 0 Å². The normalized spacial score (nSPS) is 34.0. The summed E-state index contributed by atoms with van der Waals surface area (Å²) >= 11 is 5.91. The Morgan fingerprint density at radius 2 is 2.20 bits per heavy atom. The van der Waals surface area contributed by atoms with Crippen LogP contribution in [0.25, 0.3) is 11.2 Å². The number of aliphatic hydroxyl groups excluding tert-OH is 2. The molecule has 0 aromatic carbocycles. The number of halogens is 1. The highest BCUT2D eigenvalue weighted by Gasteiger charge is 2.53. The van der Waals surface area contributed by atoms with Crippen molar-refractivity contribution in [1.82, 2.24) is 19.5 Å². The molecule has 0 spiro atoms. The SMILES string of the molecule is C[C@@]1(O)[C@H](O)[C@@H](CO)O[C@@H]1n1cnc2c(Cl)ncnc21. The molecule has 3 N–H and O–H groups in total. The lowest BCUT2D eigenvalue weighted by Crippen LogP contribution is -2.44. The molecular formula is C11H13ClN4O4. The van der Waals surface area contributed by atoms with E-state index in [2.05, 4.69) is 15.0 Å². The van der Waals surface area contributed by atoms with Crippen LogP contribution in [0.3, 0.4) is 0 Å². The molecule has 0 unspecified atom stereocenters. The number of hydrogen-bond acceptors (Lipinski definition) is 7. The largest absolute Gasteiger partial charge is 0.394 e. The topological polar surface area (TPSA) is 114 Å². The van der Waals surface area contributed by atoms with Gasteiger partial charge in [-0.15, -0.1) is 0 Å². The van der Waals surface area contributed by atoms with E-state index in [1.54, 1.807) is 0 Å². The minimum atomic E-state index is -1.60. The molecule has 108 valence electrons. The van der Waals surface area contributed by atoms with Crippen LogP contribution < -0.4 is 0 Å². The molecule has 1 aliphatic heterocycles. The first-order chi connectivity index (χ1) is 9.46. The highest BCUT2D eigenvalue weighted by atomic mass is 35.5. The molecule has 0 amide bonds. The average molecular weight is 301 g/mol. The first-order valence-corrected chi connectivity index (χ1v) is 6.34. The number of imidazole rings is 1. The lowest BCUT2D eigenvalue weighted by Gasteiger charge is -2.27. The summed E-state index contributed by atoms with van der Waals surface area (Å²) in [7, 11) is 0. The van der Waals surface area contributed by atoms with E-state index in [4.69, 9.17) is 16.3 Å². The maximum absolute atomic E-state index is 10.4. The van der Waals surface area contributed by atoms with Gasteiger partial charge in [0.25, 0.3) is 0 Å². The van der Waals surface area contributed by atoms with E-state index < -0.39 is 30.6 Å². The van der Waals surface area contributed by atoms with Gasteiger partial charge in [-0.25, -0.2) is 15.0 Å². The fourth-order valence-corrected chi connectivity index (χ4v) is 2.56. The van der Waals surface area contributed by atoms with Crippen LogP contribution in [0.15, 0.2) is 12.7 Å². The van der Waals surface area contributed by atoms with Gasteiger partial charge in [0.1, 0.15) is 29.7 Å². The third-order valence-electron chi connectivity index (χ3n) is 3.50. The lowest BCUT2D eigenvalue weighted by molar-refractivity contribution is -0.0950. The molecule has 3 heterocycles. The van der Waals surface area contributed by atoms with E-state index >= 15 is 0 Å². The van der Waals surface area contributed by atoms with E-state index in [1.165, 1.54) is 24.1 Å². The Morgan fingerprint density at radius 1 is 1.45 bits per heavy atom. The zero-order chi connectivity index (χ0) is 14.5. The third kappa shape index (κ3) is 1.80. The minimum Gasteiger partial charge on any atom is -0.394 e. The standard InChI is InChI=1S/C11H13ClN4O4/c1-11(19)7(18)5(2-17)20-10(11)16-4-15-6-8(12)13-3-14-9(6)16/h3-5,7,10,17-19H,2H2,1H3/t5-,7-,10+,11-/m1/s1. The Balaban J connectivity index is 2.10. The molecule has 0 saturated carbocycles. The summed E-state index contributed by atoms with van der Waals surface area (Å²) in [5, 5.41) is 29.8. The predicted molar refractivity (Wildman–Crippen MR) is 68.0 cm³/mol. The number of nitrogens with zero attached hydrogens (tertiary/aromatic N) is 4. The Morgan fingerprint density at radius 3 is 2.85 bits per heavy atom. The molecule has 1 fully saturated rings. The van der Waals surface area contributed by atoms with Crippen molar-refractivity contribution < 1.29 is 20.1 Å². The molecule has 3 rings (SSSR count).